The molecule has 0 N–H and O–H groups in total. The van der Waals surface area contributed by atoms with Crippen LogP contribution in [0.2, 0.25) is 0 Å². The summed E-state index contributed by atoms with van der Waals surface area (Å²) >= 11 is 0. The molecule has 0 aromatic carbocycles. The van der Waals surface area contributed by atoms with Gasteiger partial charge < -0.3 is 9.69 Å². The minimum Gasteiger partial charge on any atom is -0.309 e. The summed E-state index contributed by atoms with van der Waals surface area (Å²) in [5.74, 6) is 0. The van der Waals surface area contributed by atoms with E-state index in [2.05, 4.69) is 4.90 Å². The first-order chi connectivity index (χ1) is 4.48. The van der Waals surface area contributed by atoms with Gasteiger partial charge in [-0.15, -0.1) is 0 Å². The van der Waals surface area contributed by atoms with Crippen molar-refractivity contribution in [2.75, 3.05) is 20.6 Å². The fraction of sp³-hybridized carbons (Fsp3) is 0.875. The topological polar surface area (TPSA) is 20.3 Å². The van der Waals surface area contributed by atoms with Gasteiger partial charge in [-0.05, 0) is 27.1 Å². The molecule has 0 atom stereocenters. The van der Waals surface area contributed by atoms with E-state index >= 15 is 0 Å². The summed E-state index contributed by atoms with van der Waals surface area (Å²) in [6.07, 6.45) is 1.96. The number of rotatable bonds is 4. The molecule has 0 radical (unpaired) electrons. The van der Waals surface area contributed by atoms with Crippen molar-refractivity contribution in [2.45, 2.75) is 20.3 Å². The molecule has 0 aliphatic carbocycles. The number of hydrogen-bond acceptors (Lipinski definition) is 2. The predicted molar refractivity (Wildman–Crippen MR) is 43.0 cm³/mol. The van der Waals surface area contributed by atoms with Gasteiger partial charge in [0.1, 0.15) is 6.29 Å². The SMILES string of the molecule is CN(C)CCC(C)(C)C=O. The molecule has 0 amide bonds. The molecule has 60 valence electrons. The second-order valence-corrected chi connectivity index (χ2v) is 3.66. The smallest absolute Gasteiger partial charge is 0.125 e. The Morgan fingerprint density at radius 2 is 1.90 bits per heavy atom. The average Bonchev–Trinajstić information content (AvgIpc) is 1.85. The van der Waals surface area contributed by atoms with Crippen LogP contribution in [0.4, 0.5) is 0 Å². The van der Waals surface area contributed by atoms with E-state index in [4.69, 9.17) is 0 Å². The lowest BCUT2D eigenvalue weighted by Crippen LogP contribution is -2.22. The molecular weight excluding hydrogens is 126 g/mol. The summed E-state index contributed by atoms with van der Waals surface area (Å²) in [5.41, 5.74) is -0.149. The van der Waals surface area contributed by atoms with Crippen molar-refractivity contribution in [1.29, 1.82) is 0 Å². The highest BCUT2D eigenvalue weighted by atomic mass is 16.1. The Kier molecular flexibility index (Phi) is 3.58. The zero-order chi connectivity index (χ0) is 8.20. The molecular formula is C8H17NO. The van der Waals surface area contributed by atoms with Gasteiger partial charge in [-0.3, -0.25) is 0 Å². The Bertz CT molecular complexity index is 108. The van der Waals surface area contributed by atoms with Crippen molar-refractivity contribution >= 4 is 6.29 Å². The van der Waals surface area contributed by atoms with Crippen molar-refractivity contribution < 1.29 is 4.79 Å². The van der Waals surface area contributed by atoms with Crippen LogP contribution in [0.5, 0.6) is 0 Å². The third-order valence-corrected chi connectivity index (χ3v) is 1.52. The normalized spacial score (nSPS) is 12.1. The molecule has 0 unspecified atom stereocenters. The van der Waals surface area contributed by atoms with Gasteiger partial charge in [0.05, 0.1) is 0 Å². The summed E-state index contributed by atoms with van der Waals surface area (Å²) in [7, 11) is 4.03. The first kappa shape index (κ1) is 9.63. The standard InChI is InChI=1S/C8H17NO/c1-8(2,7-10)5-6-9(3)4/h7H,5-6H2,1-4H3. The van der Waals surface area contributed by atoms with E-state index in [1.807, 2.05) is 27.9 Å². The third kappa shape index (κ3) is 4.50. The molecule has 0 fully saturated rings. The lowest BCUT2D eigenvalue weighted by Gasteiger charge is -2.19. The van der Waals surface area contributed by atoms with Crippen molar-refractivity contribution in [1.82, 2.24) is 4.90 Å². The molecule has 2 heteroatoms. The number of carbonyl (C=O) groups is 1. The zero-order valence-electron chi connectivity index (χ0n) is 7.35. The summed E-state index contributed by atoms with van der Waals surface area (Å²) in [6.45, 7) is 4.90. The first-order valence-electron chi connectivity index (χ1n) is 3.59. The van der Waals surface area contributed by atoms with E-state index < -0.39 is 0 Å². The molecule has 0 aliphatic rings. The van der Waals surface area contributed by atoms with E-state index in [9.17, 15) is 4.79 Å². The van der Waals surface area contributed by atoms with Crippen LogP contribution in [0.15, 0.2) is 0 Å². The molecule has 0 rings (SSSR count). The van der Waals surface area contributed by atoms with Crippen LogP contribution >= 0.6 is 0 Å². The maximum atomic E-state index is 10.4. The Labute approximate surface area is 63.2 Å². The van der Waals surface area contributed by atoms with E-state index in [0.29, 0.717) is 0 Å². The highest BCUT2D eigenvalue weighted by molar-refractivity contribution is 5.57. The summed E-state index contributed by atoms with van der Waals surface area (Å²) in [5, 5.41) is 0. The molecule has 0 saturated carbocycles. The van der Waals surface area contributed by atoms with Crippen molar-refractivity contribution in [3.63, 3.8) is 0 Å². The fourth-order valence-corrected chi connectivity index (χ4v) is 0.571. The van der Waals surface area contributed by atoms with Crippen molar-refractivity contribution in [2.24, 2.45) is 5.41 Å². The predicted octanol–water partition coefficient (Wildman–Crippen LogP) is 1.16. The van der Waals surface area contributed by atoms with Crippen LogP contribution in [0.3, 0.4) is 0 Å². The largest absolute Gasteiger partial charge is 0.309 e. The quantitative estimate of drug-likeness (QED) is 0.550. The summed E-state index contributed by atoms with van der Waals surface area (Å²) < 4.78 is 0. The summed E-state index contributed by atoms with van der Waals surface area (Å²) in [4.78, 5) is 12.5. The molecule has 0 aromatic heterocycles. The average molecular weight is 143 g/mol. The molecule has 2 nitrogen and oxygen atoms in total. The second-order valence-electron chi connectivity index (χ2n) is 3.66. The maximum Gasteiger partial charge on any atom is 0.125 e. The lowest BCUT2D eigenvalue weighted by molar-refractivity contribution is -0.115. The van der Waals surface area contributed by atoms with E-state index in [0.717, 1.165) is 19.3 Å². The van der Waals surface area contributed by atoms with E-state index in [-0.39, 0.29) is 5.41 Å². The highest BCUT2D eigenvalue weighted by Gasteiger charge is 2.15. The molecule has 0 bridgehead atoms. The first-order valence-corrected chi connectivity index (χ1v) is 3.59. The lowest BCUT2D eigenvalue weighted by atomic mass is 9.91. The molecule has 0 aliphatic heterocycles. The van der Waals surface area contributed by atoms with Gasteiger partial charge in [0.15, 0.2) is 0 Å². The fourth-order valence-electron chi connectivity index (χ4n) is 0.571. The monoisotopic (exact) mass is 143 g/mol. The number of hydrogen-bond donors (Lipinski definition) is 0. The van der Waals surface area contributed by atoms with Crippen LogP contribution in [0, 0.1) is 5.41 Å². The number of nitrogens with zero attached hydrogens (tertiary/aromatic N) is 1. The third-order valence-electron chi connectivity index (χ3n) is 1.52. The van der Waals surface area contributed by atoms with Gasteiger partial charge in [-0.25, -0.2) is 0 Å². The minimum atomic E-state index is -0.149. The Morgan fingerprint density at radius 1 is 1.40 bits per heavy atom. The zero-order valence-corrected chi connectivity index (χ0v) is 7.35. The Morgan fingerprint density at radius 3 is 2.20 bits per heavy atom. The van der Waals surface area contributed by atoms with Crippen LogP contribution in [-0.4, -0.2) is 31.8 Å². The second kappa shape index (κ2) is 3.71. The summed E-state index contributed by atoms with van der Waals surface area (Å²) in [6, 6.07) is 0. The molecule has 0 saturated heterocycles. The Hall–Kier alpha value is -0.370. The minimum absolute atomic E-state index is 0.149. The number of aldehydes is 1. The van der Waals surface area contributed by atoms with Gasteiger partial charge in [0.25, 0.3) is 0 Å². The highest BCUT2D eigenvalue weighted by Crippen LogP contribution is 2.15. The molecule has 0 spiro atoms. The van der Waals surface area contributed by atoms with Crippen LogP contribution in [0.1, 0.15) is 20.3 Å². The van der Waals surface area contributed by atoms with Crippen molar-refractivity contribution in [3.8, 4) is 0 Å². The van der Waals surface area contributed by atoms with Crippen LogP contribution in [-0.2, 0) is 4.79 Å². The Balaban J connectivity index is 3.56. The maximum absolute atomic E-state index is 10.4. The molecule has 10 heavy (non-hydrogen) atoms. The molecule has 0 heterocycles. The van der Waals surface area contributed by atoms with Gasteiger partial charge in [0.2, 0.25) is 0 Å². The van der Waals surface area contributed by atoms with E-state index in [1.54, 1.807) is 0 Å². The van der Waals surface area contributed by atoms with Gasteiger partial charge >= 0.3 is 0 Å². The van der Waals surface area contributed by atoms with E-state index in [1.165, 1.54) is 0 Å². The number of carbonyl (C=O) groups excluding carboxylic acids is 1. The van der Waals surface area contributed by atoms with Gasteiger partial charge in [-0.1, -0.05) is 13.8 Å². The van der Waals surface area contributed by atoms with Crippen LogP contribution < -0.4 is 0 Å². The van der Waals surface area contributed by atoms with Crippen molar-refractivity contribution in [3.05, 3.63) is 0 Å². The molecule has 0 aromatic rings. The van der Waals surface area contributed by atoms with Crippen LogP contribution in [0.25, 0.3) is 0 Å². The van der Waals surface area contributed by atoms with Gasteiger partial charge in [-0.2, -0.15) is 0 Å². The van der Waals surface area contributed by atoms with Gasteiger partial charge in [0, 0.05) is 5.41 Å².